The van der Waals surface area contributed by atoms with E-state index in [1.165, 1.54) is 49.4 Å². The molecule has 0 aliphatic rings. The number of hydrogen-bond acceptors (Lipinski definition) is 0. The molecule has 0 atom stereocenters. The zero-order valence-corrected chi connectivity index (χ0v) is 18.8. The van der Waals surface area contributed by atoms with Crippen LogP contribution in [0.1, 0.15) is 29.5 Å². The molecule has 0 aliphatic heterocycles. The number of nitrogens with zero attached hydrogens (tertiary/aromatic N) is 3. The van der Waals surface area contributed by atoms with Crippen molar-refractivity contribution in [3.63, 3.8) is 0 Å². The monoisotopic (exact) mass is 417 g/mol. The Kier molecular flexibility index (Phi) is 4.25. The molecular weight excluding hydrogens is 390 g/mol. The lowest BCUT2D eigenvalue weighted by atomic mass is 9.84. The lowest BCUT2D eigenvalue weighted by Gasteiger charge is -2.17. The van der Waals surface area contributed by atoms with Gasteiger partial charge in [0.15, 0.2) is 0 Å². The lowest BCUT2D eigenvalue weighted by molar-refractivity contribution is 0.789. The van der Waals surface area contributed by atoms with Gasteiger partial charge in [0.25, 0.3) is 0 Å². The van der Waals surface area contributed by atoms with Gasteiger partial charge in [0.1, 0.15) is 0 Å². The summed E-state index contributed by atoms with van der Waals surface area (Å²) in [5.74, 6) is 0.143. The van der Waals surface area contributed by atoms with Crippen LogP contribution < -0.4 is 0 Å². The van der Waals surface area contributed by atoms with Crippen molar-refractivity contribution < 1.29 is 0 Å². The van der Waals surface area contributed by atoms with Crippen LogP contribution in [0.25, 0.3) is 32.7 Å². The highest BCUT2D eigenvalue weighted by molar-refractivity contribution is 5.93. The lowest BCUT2D eigenvalue weighted by Crippen LogP contribution is -2.02. The van der Waals surface area contributed by atoms with E-state index in [1.54, 1.807) is 0 Å². The third-order valence-electron chi connectivity index (χ3n) is 6.95. The average Bonchev–Trinajstić information content (AvgIpc) is 3.48. The van der Waals surface area contributed by atoms with Gasteiger partial charge in [-0.3, -0.25) is 0 Å². The standard InChI is InChI=1S/C29H27N3/c1-4-32-19-25(22-13-7-10-16-28(22)32)29(23-17-30(2)26-14-8-5-11-20(23)26)24-18-31(3)27-15-9-6-12-21(24)27/h5-19,29H,4H2,1-3H3. The third-order valence-corrected chi connectivity index (χ3v) is 6.95. The van der Waals surface area contributed by atoms with Crippen LogP contribution in [0.5, 0.6) is 0 Å². The quantitative estimate of drug-likeness (QED) is 0.299. The second kappa shape index (κ2) is 7.16. The van der Waals surface area contributed by atoms with Gasteiger partial charge in [-0.15, -0.1) is 0 Å². The van der Waals surface area contributed by atoms with Crippen LogP contribution in [0.15, 0.2) is 91.4 Å². The van der Waals surface area contributed by atoms with E-state index >= 15 is 0 Å². The molecule has 32 heavy (non-hydrogen) atoms. The Morgan fingerprint density at radius 3 is 1.47 bits per heavy atom. The second-order valence-electron chi connectivity index (χ2n) is 8.75. The molecule has 0 radical (unpaired) electrons. The fraction of sp³-hybridized carbons (Fsp3) is 0.172. The zero-order valence-electron chi connectivity index (χ0n) is 18.8. The molecule has 6 aromatic rings. The van der Waals surface area contributed by atoms with Gasteiger partial charge in [0.2, 0.25) is 0 Å². The van der Waals surface area contributed by atoms with Gasteiger partial charge in [-0.25, -0.2) is 0 Å². The van der Waals surface area contributed by atoms with Crippen molar-refractivity contribution in [2.75, 3.05) is 0 Å². The van der Waals surface area contributed by atoms with E-state index in [2.05, 4.69) is 126 Å². The molecule has 3 heterocycles. The average molecular weight is 418 g/mol. The molecule has 3 heteroatoms. The van der Waals surface area contributed by atoms with E-state index in [4.69, 9.17) is 0 Å². The van der Waals surface area contributed by atoms with Crippen molar-refractivity contribution in [1.82, 2.24) is 13.7 Å². The molecule has 6 rings (SSSR count). The molecule has 3 aromatic carbocycles. The second-order valence-corrected chi connectivity index (χ2v) is 8.75. The molecule has 3 aromatic heterocycles. The summed E-state index contributed by atoms with van der Waals surface area (Å²) in [6.45, 7) is 3.18. The van der Waals surface area contributed by atoms with Crippen molar-refractivity contribution in [3.05, 3.63) is 108 Å². The minimum absolute atomic E-state index is 0.143. The van der Waals surface area contributed by atoms with Crippen LogP contribution in [0.4, 0.5) is 0 Å². The maximum atomic E-state index is 2.38. The van der Waals surface area contributed by atoms with Gasteiger partial charge < -0.3 is 13.7 Å². The van der Waals surface area contributed by atoms with Crippen molar-refractivity contribution in [2.24, 2.45) is 14.1 Å². The van der Waals surface area contributed by atoms with Crippen LogP contribution in [-0.2, 0) is 20.6 Å². The Bertz CT molecular complexity index is 1510. The normalized spacial score (nSPS) is 12.0. The number of para-hydroxylation sites is 3. The van der Waals surface area contributed by atoms with E-state index in [9.17, 15) is 0 Å². The summed E-state index contributed by atoms with van der Waals surface area (Å²) in [5.41, 5.74) is 7.93. The summed E-state index contributed by atoms with van der Waals surface area (Å²) in [4.78, 5) is 0. The van der Waals surface area contributed by atoms with E-state index in [0.717, 1.165) is 6.54 Å². The number of aryl methyl sites for hydroxylation is 3. The fourth-order valence-electron chi connectivity index (χ4n) is 5.48. The highest BCUT2D eigenvalue weighted by Crippen LogP contribution is 2.43. The zero-order chi connectivity index (χ0) is 21.8. The first-order chi connectivity index (χ1) is 15.7. The highest BCUT2D eigenvalue weighted by atomic mass is 15.0. The Balaban J connectivity index is 1.74. The van der Waals surface area contributed by atoms with Gasteiger partial charge in [0.05, 0.1) is 0 Å². The third kappa shape index (κ3) is 2.67. The summed E-state index contributed by atoms with van der Waals surface area (Å²) < 4.78 is 6.91. The molecule has 0 aliphatic carbocycles. The predicted octanol–water partition coefficient (Wildman–Crippen LogP) is 6.82. The van der Waals surface area contributed by atoms with E-state index in [-0.39, 0.29) is 5.92 Å². The van der Waals surface area contributed by atoms with Gasteiger partial charge in [-0.1, -0.05) is 54.6 Å². The highest BCUT2D eigenvalue weighted by Gasteiger charge is 2.27. The van der Waals surface area contributed by atoms with Crippen LogP contribution in [0.2, 0.25) is 0 Å². The number of hydrogen-bond donors (Lipinski definition) is 0. The molecule has 0 amide bonds. The van der Waals surface area contributed by atoms with Crippen LogP contribution in [-0.4, -0.2) is 13.7 Å². The van der Waals surface area contributed by atoms with Crippen molar-refractivity contribution in [1.29, 1.82) is 0 Å². The number of aromatic nitrogens is 3. The Morgan fingerprint density at radius 1 is 0.562 bits per heavy atom. The van der Waals surface area contributed by atoms with Crippen molar-refractivity contribution >= 4 is 32.7 Å². The molecule has 0 saturated heterocycles. The number of rotatable bonds is 4. The molecule has 0 saturated carbocycles. The molecule has 0 N–H and O–H groups in total. The predicted molar refractivity (Wildman–Crippen MR) is 134 cm³/mol. The van der Waals surface area contributed by atoms with Crippen molar-refractivity contribution in [3.8, 4) is 0 Å². The molecule has 0 bridgehead atoms. The Labute approximate surface area is 188 Å². The Hall–Kier alpha value is -3.72. The van der Waals surface area contributed by atoms with Gasteiger partial charge >= 0.3 is 0 Å². The summed E-state index contributed by atoms with van der Waals surface area (Å²) in [5, 5.41) is 3.97. The van der Waals surface area contributed by atoms with Crippen LogP contribution in [0.3, 0.4) is 0 Å². The smallest absolute Gasteiger partial charge is 0.0483 e. The molecule has 158 valence electrons. The summed E-state index contributed by atoms with van der Waals surface area (Å²) in [6, 6.07) is 26.3. The first-order valence-electron chi connectivity index (χ1n) is 11.3. The van der Waals surface area contributed by atoms with E-state index in [0.29, 0.717) is 0 Å². The SMILES string of the molecule is CCn1cc(C(c2cn(C)c3ccccc23)c2cn(C)c3ccccc23)c2ccccc21. The maximum Gasteiger partial charge on any atom is 0.0483 e. The summed E-state index contributed by atoms with van der Waals surface area (Å²) >= 11 is 0. The summed E-state index contributed by atoms with van der Waals surface area (Å²) in [6.07, 6.45) is 7.03. The van der Waals surface area contributed by atoms with Crippen LogP contribution in [0, 0.1) is 0 Å². The molecular formula is C29H27N3. The maximum absolute atomic E-state index is 2.38. The molecule has 0 unspecified atom stereocenters. The number of benzene rings is 3. The Morgan fingerprint density at radius 2 is 0.969 bits per heavy atom. The molecule has 0 spiro atoms. The number of fused-ring (bicyclic) bond motifs is 3. The van der Waals surface area contributed by atoms with Gasteiger partial charge in [0, 0.05) is 77.9 Å². The van der Waals surface area contributed by atoms with E-state index < -0.39 is 0 Å². The van der Waals surface area contributed by atoms with E-state index in [1.807, 2.05) is 0 Å². The van der Waals surface area contributed by atoms with Crippen LogP contribution >= 0.6 is 0 Å². The minimum Gasteiger partial charge on any atom is -0.350 e. The minimum atomic E-state index is 0.143. The topological polar surface area (TPSA) is 14.8 Å². The molecule has 0 fully saturated rings. The first kappa shape index (κ1) is 19.0. The fourth-order valence-corrected chi connectivity index (χ4v) is 5.48. The van der Waals surface area contributed by atoms with Crippen molar-refractivity contribution in [2.45, 2.75) is 19.4 Å². The molecule has 3 nitrogen and oxygen atoms in total. The largest absolute Gasteiger partial charge is 0.350 e. The van der Waals surface area contributed by atoms with Gasteiger partial charge in [-0.05, 0) is 41.8 Å². The first-order valence-corrected chi connectivity index (χ1v) is 11.3. The van der Waals surface area contributed by atoms with Gasteiger partial charge in [-0.2, -0.15) is 0 Å². The summed E-state index contributed by atoms with van der Waals surface area (Å²) in [7, 11) is 4.31.